The van der Waals surface area contributed by atoms with Gasteiger partial charge in [-0.25, -0.2) is 0 Å². The number of morpholine rings is 1. The van der Waals surface area contributed by atoms with Crippen molar-refractivity contribution in [2.75, 3.05) is 32.8 Å². The zero-order valence-electron chi connectivity index (χ0n) is 9.33. The van der Waals surface area contributed by atoms with Crippen molar-refractivity contribution < 1.29 is 14.3 Å². The Morgan fingerprint density at radius 3 is 2.53 bits per heavy atom. The fraction of sp³-hybridized carbons (Fsp3) is 0.909. The van der Waals surface area contributed by atoms with E-state index in [-0.39, 0.29) is 11.6 Å². The Labute approximate surface area is 90.5 Å². The Bertz CT molecular complexity index is 232. The molecule has 0 unspecified atom stereocenters. The number of carbonyl (C=O) groups is 1. The van der Waals surface area contributed by atoms with Crippen LogP contribution in [-0.4, -0.2) is 49.3 Å². The molecular weight excluding hydrogens is 194 g/mol. The van der Waals surface area contributed by atoms with E-state index in [0.717, 1.165) is 45.7 Å². The first-order chi connectivity index (χ1) is 7.20. The van der Waals surface area contributed by atoms with Gasteiger partial charge in [-0.1, -0.05) is 0 Å². The maximum atomic E-state index is 11.0. The molecule has 0 amide bonds. The van der Waals surface area contributed by atoms with Crippen molar-refractivity contribution in [3.05, 3.63) is 0 Å². The highest BCUT2D eigenvalue weighted by molar-refractivity contribution is 5.66. The average molecular weight is 213 g/mol. The first-order valence-electron chi connectivity index (χ1n) is 5.70. The largest absolute Gasteiger partial charge is 0.458 e. The van der Waals surface area contributed by atoms with Gasteiger partial charge in [-0.3, -0.25) is 9.69 Å². The smallest absolute Gasteiger partial charge is 0.303 e. The van der Waals surface area contributed by atoms with Crippen molar-refractivity contribution in [1.82, 2.24) is 4.90 Å². The van der Waals surface area contributed by atoms with Gasteiger partial charge in [0.1, 0.15) is 5.60 Å². The minimum absolute atomic E-state index is 0.150. The molecule has 0 radical (unpaired) electrons. The van der Waals surface area contributed by atoms with Gasteiger partial charge in [-0.2, -0.15) is 0 Å². The summed E-state index contributed by atoms with van der Waals surface area (Å²) in [5.74, 6) is -0.150. The van der Waals surface area contributed by atoms with Gasteiger partial charge >= 0.3 is 5.97 Å². The molecule has 2 fully saturated rings. The number of ether oxygens (including phenoxy) is 2. The van der Waals surface area contributed by atoms with E-state index in [9.17, 15) is 4.79 Å². The van der Waals surface area contributed by atoms with Gasteiger partial charge in [-0.05, 0) is 19.3 Å². The van der Waals surface area contributed by atoms with Crippen LogP contribution in [0.2, 0.25) is 0 Å². The highest BCUT2D eigenvalue weighted by atomic mass is 16.6. The van der Waals surface area contributed by atoms with Gasteiger partial charge in [-0.15, -0.1) is 0 Å². The summed E-state index contributed by atoms with van der Waals surface area (Å²) >= 11 is 0. The third-order valence-corrected chi connectivity index (χ3v) is 3.24. The summed E-state index contributed by atoms with van der Waals surface area (Å²) in [6, 6.07) is 0. The van der Waals surface area contributed by atoms with E-state index < -0.39 is 0 Å². The van der Waals surface area contributed by atoms with E-state index in [2.05, 4.69) is 4.90 Å². The molecule has 0 bridgehead atoms. The molecule has 4 nitrogen and oxygen atoms in total. The predicted molar refractivity (Wildman–Crippen MR) is 55.6 cm³/mol. The SMILES string of the molecule is CC(=O)OC1(CN2CCOCC2)CCC1. The maximum Gasteiger partial charge on any atom is 0.303 e. The van der Waals surface area contributed by atoms with Crippen LogP contribution in [0.4, 0.5) is 0 Å². The van der Waals surface area contributed by atoms with Crippen LogP contribution in [-0.2, 0) is 14.3 Å². The molecule has 0 atom stereocenters. The van der Waals surface area contributed by atoms with Crippen LogP contribution in [0, 0.1) is 0 Å². The minimum atomic E-state index is -0.177. The van der Waals surface area contributed by atoms with Gasteiger partial charge in [0.05, 0.1) is 13.2 Å². The van der Waals surface area contributed by atoms with Crippen LogP contribution in [0.5, 0.6) is 0 Å². The molecule has 2 rings (SSSR count). The van der Waals surface area contributed by atoms with Gasteiger partial charge in [0.15, 0.2) is 0 Å². The molecule has 4 heteroatoms. The molecule has 1 heterocycles. The van der Waals surface area contributed by atoms with E-state index in [1.54, 1.807) is 0 Å². The third-order valence-electron chi connectivity index (χ3n) is 3.24. The second kappa shape index (κ2) is 4.49. The fourth-order valence-corrected chi connectivity index (χ4v) is 2.34. The molecule has 15 heavy (non-hydrogen) atoms. The third kappa shape index (κ3) is 2.69. The molecule has 0 aromatic carbocycles. The molecule has 0 aromatic rings. The standard InChI is InChI=1S/C11H19NO3/c1-10(13)15-11(3-2-4-11)9-12-5-7-14-8-6-12/h2-9H2,1H3. The van der Waals surface area contributed by atoms with Crippen molar-refractivity contribution in [2.45, 2.75) is 31.8 Å². The molecule has 1 saturated heterocycles. The summed E-state index contributed by atoms with van der Waals surface area (Å²) in [7, 11) is 0. The number of esters is 1. The lowest BCUT2D eigenvalue weighted by Gasteiger charge is -2.44. The number of carbonyl (C=O) groups excluding carboxylic acids is 1. The van der Waals surface area contributed by atoms with E-state index in [0.29, 0.717) is 0 Å². The van der Waals surface area contributed by atoms with Gasteiger partial charge < -0.3 is 9.47 Å². The summed E-state index contributed by atoms with van der Waals surface area (Å²) in [5, 5.41) is 0. The molecule has 1 saturated carbocycles. The molecule has 0 N–H and O–H groups in total. The zero-order valence-corrected chi connectivity index (χ0v) is 9.33. The molecule has 86 valence electrons. The predicted octanol–water partition coefficient (Wildman–Crippen LogP) is 0.804. The van der Waals surface area contributed by atoms with Crippen molar-refractivity contribution in [3.63, 3.8) is 0 Å². The Hall–Kier alpha value is -0.610. The Balaban J connectivity index is 1.86. The second-order valence-corrected chi connectivity index (χ2v) is 4.52. The summed E-state index contributed by atoms with van der Waals surface area (Å²) < 4.78 is 10.8. The topological polar surface area (TPSA) is 38.8 Å². The minimum Gasteiger partial charge on any atom is -0.458 e. The Morgan fingerprint density at radius 2 is 2.07 bits per heavy atom. The number of hydrogen-bond donors (Lipinski definition) is 0. The highest BCUT2D eigenvalue weighted by Crippen LogP contribution is 2.36. The zero-order chi connectivity index (χ0) is 10.7. The van der Waals surface area contributed by atoms with Crippen LogP contribution in [0.1, 0.15) is 26.2 Å². The Kier molecular flexibility index (Phi) is 3.26. The van der Waals surface area contributed by atoms with Gasteiger partial charge in [0.25, 0.3) is 0 Å². The van der Waals surface area contributed by atoms with Crippen molar-refractivity contribution in [3.8, 4) is 0 Å². The summed E-state index contributed by atoms with van der Waals surface area (Å²) in [4.78, 5) is 13.4. The number of rotatable bonds is 3. The lowest BCUT2D eigenvalue weighted by molar-refractivity contribution is -0.171. The van der Waals surface area contributed by atoms with Crippen LogP contribution >= 0.6 is 0 Å². The highest BCUT2D eigenvalue weighted by Gasteiger charge is 2.41. The number of nitrogens with zero attached hydrogens (tertiary/aromatic N) is 1. The first kappa shape index (κ1) is 10.9. The lowest BCUT2D eigenvalue weighted by atomic mass is 9.79. The van der Waals surface area contributed by atoms with E-state index in [1.807, 2.05) is 0 Å². The number of hydrogen-bond acceptors (Lipinski definition) is 4. The van der Waals surface area contributed by atoms with Crippen molar-refractivity contribution >= 4 is 5.97 Å². The first-order valence-corrected chi connectivity index (χ1v) is 5.70. The van der Waals surface area contributed by atoms with Gasteiger partial charge in [0.2, 0.25) is 0 Å². The van der Waals surface area contributed by atoms with Crippen LogP contribution in [0.25, 0.3) is 0 Å². The second-order valence-electron chi connectivity index (χ2n) is 4.52. The maximum absolute atomic E-state index is 11.0. The molecule has 2 aliphatic rings. The van der Waals surface area contributed by atoms with Crippen LogP contribution in [0.15, 0.2) is 0 Å². The van der Waals surface area contributed by atoms with E-state index >= 15 is 0 Å². The van der Waals surface area contributed by atoms with Gasteiger partial charge in [0, 0.05) is 26.6 Å². The normalized spacial score (nSPS) is 25.7. The Morgan fingerprint density at radius 1 is 1.40 bits per heavy atom. The fourth-order valence-electron chi connectivity index (χ4n) is 2.34. The monoisotopic (exact) mass is 213 g/mol. The molecular formula is C11H19NO3. The molecule has 1 aliphatic heterocycles. The summed E-state index contributed by atoms with van der Waals surface area (Å²) in [6.07, 6.45) is 3.21. The quantitative estimate of drug-likeness (QED) is 0.650. The molecule has 1 aliphatic carbocycles. The summed E-state index contributed by atoms with van der Waals surface area (Å²) in [5.41, 5.74) is -0.177. The lowest BCUT2D eigenvalue weighted by Crippen LogP contribution is -2.53. The molecule has 0 aromatic heterocycles. The van der Waals surface area contributed by atoms with Crippen LogP contribution < -0.4 is 0 Å². The van der Waals surface area contributed by atoms with Crippen molar-refractivity contribution in [1.29, 1.82) is 0 Å². The summed E-state index contributed by atoms with van der Waals surface area (Å²) in [6.45, 7) is 5.91. The van der Waals surface area contributed by atoms with E-state index in [4.69, 9.17) is 9.47 Å². The van der Waals surface area contributed by atoms with E-state index in [1.165, 1.54) is 13.3 Å². The average Bonchev–Trinajstić information content (AvgIpc) is 2.15. The molecule has 0 spiro atoms. The van der Waals surface area contributed by atoms with Crippen molar-refractivity contribution in [2.24, 2.45) is 0 Å². The van der Waals surface area contributed by atoms with Crippen LogP contribution in [0.3, 0.4) is 0 Å².